The van der Waals surface area contributed by atoms with Gasteiger partial charge >= 0.3 is 0 Å². The molecule has 0 aliphatic carbocycles. The molecule has 0 saturated heterocycles. The van der Waals surface area contributed by atoms with Gasteiger partial charge in [-0.05, 0) is 31.0 Å². The second-order valence-electron chi connectivity index (χ2n) is 4.62. The number of para-hydroxylation sites is 1. The molecule has 2 aromatic rings. The zero-order chi connectivity index (χ0) is 15.1. The molecular weight excluding hydrogens is 272 g/mol. The van der Waals surface area contributed by atoms with E-state index >= 15 is 0 Å². The van der Waals surface area contributed by atoms with Gasteiger partial charge in [-0.1, -0.05) is 30.3 Å². The fraction of sp³-hybridized carbons (Fsp3) is 0.235. The highest BCUT2D eigenvalue weighted by Gasteiger charge is 2.14. The van der Waals surface area contributed by atoms with Gasteiger partial charge < -0.3 is 4.74 Å². The van der Waals surface area contributed by atoms with Crippen LogP contribution in [0.1, 0.15) is 24.3 Å². The fourth-order valence-corrected chi connectivity index (χ4v) is 2.08. The highest BCUT2D eigenvalue weighted by molar-refractivity contribution is 5.26. The van der Waals surface area contributed by atoms with Crippen molar-refractivity contribution in [1.29, 1.82) is 5.26 Å². The average molecular weight is 287 g/mol. The Bertz CT molecular complexity index is 637. The normalized spacial score (nSPS) is 11.7. The second kappa shape index (κ2) is 7.39. The van der Waals surface area contributed by atoms with Gasteiger partial charge in [-0.2, -0.15) is 5.26 Å². The van der Waals surface area contributed by atoms with Gasteiger partial charge in [0.1, 0.15) is 5.82 Å². The molecule has 0 saturated carbocycles. The summed E-state index contributed by atoms with van der Waals surface area (Å²) < 4.78 is 32.3. The molecule has 1 atom stereocenters. The van der Waals surface area contributed by atoms with E-state index in [-0.39, 0.29) is 18.2 Å². The molecule has 0 aromatic heterocycles. The quantitative estimate of drug-likeness (QED) is 0.736. The number of hydrogen-bond donors (Lipinski definition) is 0. The van der Waals surface area contributed by atoms with Crippen LogP contribution in [0.2, 0.25) is 0 Å². The Kier molecular flexibility index (Phi) is 5.28. The fourth-order valence-electron chi connectivity index (χ4n) is 2.08. The predicted molar refractivity (Wildman–Crippen MR) is 75.9 cm³/mol. The summed E-state index contributed by atoms with van der Waals surface area (Å²) in [5, 5.41) is 9.15. The lowest BCUT2D eigenvalue weighted by atomic mass is 9.95. The summed E-state index contributed by atoms with van der Waals surface area (Å²) in [6.07, 6.45) is 1.01. The largest absolute Gasteiger partial charge is 0.491 e. The van der Waals surface area contributed by atoms with Gasteiger partial charge in [-0.15, -0.1) is 0 Å². The number of hydrogen-bond acceptors (Lipinski definition) is 2. The molecule has 0 amide bonds. The van der Waals surface area contributed by atoms with E-state index in [1.165, 1.54) is 12.1 Å². The summed E-state index contributed by atoms with van der Waals surface area (Å²) in [5.74, 6) is -1.12. The Hall–Kier alpha value is -2.41. The molecule has 21 heavy (non-hydrogen) atoms. The van der Waals surface area contributed by atoms with Crippen molar-refractivity contribution in [2.45, 2.75) is 18.8 Å². The smallest absolute Gasteiger partial charge is 0.165 e. The van der Waals surface area contributed by atoms with Crippen molar-refractivity contribution in [3.05, 3.63) is 65.7 Å². The lowest BCUT2D eigenvalue weighted by molar-refractivity contribution is 0.290. The minimum absolute atomic E-state index is 0.192. The molecule has 2 aromatic carbocycles. The maximum absolute atomic E-state index is 13.6. The predicted octanol–water partition coefficient (Wildman–Crippen LogP) is 4.43. The molecule has 0 N–H and O–H groups in total. The molecule has 0 aliphatic heterocycles. The van der Waals surface area contributed by atoms with Crippen LogP contribution in [-0.2, 0) is 0 Å². The van der Waals surface area contributed by atoms with E-state index in [0.29, 0.717) is 18.4 Å². The molecule has 2 nitrogen and oxygen atoms in total. The SMILES string of the molecule is N#CC(CCCOc1ccccc1F)c1ccccc1F. The summed E-state index contributed by atoms with van der Waals surface area (Å²) in [6, 6.07) is 14.5. The molecule has 2 rings (SSSR count). The summed E-state index contributed by atoms with van der Waals surface area (Å²) >= 11 is 0. The van der Waals surface area contributed by atoms with Crippen LogP contribution < -0.4 is 4.74 Å². The Labute approximate surface area is 122 Å². The lowest BCUT2D eigenvalue weighted by Crippen LogP contribution is -2.04. The van der Waals surface area contributed by atoms with Gasteiger partial charge in [0, 0.05) is 5.56 Å². The first-order valence-electron chi connectivity index (χ1n) is 6.73. The number of nitriles is 1. The molecule has 0 fully saturated rings. The third kappa shape index (κ3) is 4.03. The van der Waals surface area contributed by atoms with Gasteiger partial charge in [-0.25, -0.2) is 8.78 Å². The standard InChI is InChI=1S/C17H15F2NO/c18-15-8-2-1-7-14(15)13(12-20)6-5-11-21-17-10-4-3-9-16(17)19/h1-4,7-10,13H,5-6,11H2. The first kappa shape index (κ1) is 15.0. The van der Waals surface area contributed by atoms with E-state index in [1.807, 2.05) is 0 Å². The second-order valence-corrected chi connectivity index (χ2v) is 4.62. The van der Waals surface area contributed by atoms with Crippen LogP contribution in [0.4, 0.5) is 8.78 Å². The molecule has 0 bridgehead atoms. The molecule has 1 unspecified atom stereocenters. The zero-order valence-electron chi connectivity index (χ0n) is 11.4. The van der Waals surface area contributed by atoms with Crippen molar-refractivity contribution in [2.75, 3.05) is 6.61 Å². The number of nitrogens with zero attached hydrogens (tertiary/aromatic N) is 1. The third-order valence-electron chi connectivity index (χ3n) is 3.17. The summed E-state index contributed by atoms with van der Waals surface area (Å²) in [6.45, 7) is 0.285. The number of halogens is 2. The van der Waals surface area contributed by atoms with E-state index in [2.05, 4.69) is 6.07 Å². The van der Waals surface area contributed by atoms with Crippen LogP contribution >= 0.6 is 0 Å². The van der Waals surface area contributed by atoms with Crippen LogP contribution in [0.5, 0.6) is 5.75 Å². The number of benzene rings is 2. The maximum atomic E-state index is 13.6. The van der Waals surface area contributed by atoms with E-state index in [4.69, 9.17) is 10.00 Å². The Morgan fingerprint density at radius 3 is 2.33 bits per heavy atom. The molecular formula is C17H15F2NO. The molecule has 0 radical (unpaired) electrons. The summed E-state index contributed by atoms with van der Waals surface area (Å²) in [7, 11) is 0. The van der Waals surface area contributed by atoms with Gasteiger partial charge in [-0.3, -0.25) is 0 Å². The molecule has 4 heteroatoms. The van der Waals surface area contributed by atoms with E-state index in [9.17, 15) is 8.78 Å². The van der Waals surface area contributed by atoms with Gasteiger partial charge in [0.25, 0.3) is 0 Å². The number of rotatable bonds is 6. The number of ether oxygens (including phenoxy) is 1. The first-order valence-corrected chi connectivity index (χ1v) is 6.73. The van der Waals surface area contributed by atoms with E-state index in [1.54, 1.807) is 36.4 Å². The van der Waals surface area contributed by atoms with Gasteiger partial charge in [0.15, 0.2) is 11.6 Å². The van der Waals surface area contributed by atoms with Crippen molar-refractivity contribution in [2.24, 2.45) is 0 Å². The van der Waals surface area contributed by atoms with Crippen LogP contribution in [0.25, 0.3) is 0 Å². The van der Waals surface area contributed by atoms with E-state index < -0.39 is 11.7 Å². The van der Waals surface area contributed by atoms with Crippen molar-refractivity contribution in [3.8, 4) is 11.8 Å². The van der Waals surface area contributed by atoms with Crippen LogP contribution in [0, 0.1) is 23.0 Å². The minimum Gasteiger partial charge on any atom is -0.491 e. The monoisotopic (exact) mass is 287 g/mol. The molecule has 0 heterocycles. The Balaban J connectivity index is 1.86. The Morgan fingerprint density at radius 2 is 1.67 bits per heavy atom. The summed E-state index contributed by atoms with van der Waals surface area (Å²) in [4.78, 5) is 0. The minimum atomic E-state index is -0.518. The lowest BCUT2D eigenvalue weighted by Gasteiger charge is -2.11. The highest BCUT2D eigenvalue weighted by atomic mass is 19.1. The summed E-state index contributed by atoms with van der Waals surface area (Å²) in [5.41, 5.74) is 0.394. The maximum Gasteiger partial charge on any atom is 0.165 e. The van der Waals surface area contributed by atoms with Crippen molar-refractivity contribution in [3.63, 3.8) is 0 Å². The van der Waals surface area contributed by atoms with Gasteiger partial charge in [0.2, 0.25) is 0 Å². The average Bonchev–Trinajstić information content (AvgIpc) is 2.50. The van der Waals surface area contributed by atoms with E-state index in [0.717, 1.165) is 0 Å². The van der Waals surface area contributed by atoms with Gasteiger partial charge in [0.05, 0.1) is 18.6 Å². The van der Waals surface area contributed by atoms with Crippen molar-refractivity contribution < 1.29 is 13.5 Å². The van der Waals surface area contributed by atoms with Crippen LogP contribution in [0.3, 0.4) is 0 Å². The molecule has 0 aliphatic rings. The topological polar surface area (TPSA) is 33.0 Å². The van der Waals surface area contributed by atoms with Crippen LogP contribution in [0.15, 0.2) is 48.5 Å². The zero-order valence-corrected chi connectivity index (χ0v) is 11.4. The van der Waals surface area contributed by atoms with Crippen LogP contribution in [-0.4, -0.2) is 6.61 Å². The Morgan fingerprint density at radius 1 is 1.00 bits per heavy atom. The first-order chi connectivity index (χ1) is 10.2. The third-order valence-corrected chi connectivity index (χ3v) is 3.17. The van der Waals surface area contributed by atoms with Crippen molar-refractivity contribution in [1.82, 2.24) is 0 Å². The molecule has 108 valence electrons. The molecule has 0 spiro atoms. The van der Waals surface area contributed by atoms with Crippen molar-refractivity contribution >= 4 is 0 Å². The highest BCUT2D eigenvalue weighted by Crippen LogP contribution is 2.23.